The van der Waals surface area contributed by atoms with Gasteiger partial charge in [-0.3, -0.25) is 0 Å². The molecule has 6 aromatic carbocycles. The summed E-state index contributed by atoms with van der Waals surface area (Å²) in [6.07, 6.45) is 7.75. The molecule has 0 fully saturated rings. The molecule has 238 valence electrons. The Bertz CT molecular complexity index is 1430. The first kappa shape index (κ1) is 42.3. The van der Waals surface area contributed by atoms with Gasteiger partial charge < -0.3 is 0 Å². The fourth-order valence-electron chi connectivity index (χ4n) is 4.74. The van der Waals surface area contributed by atoms with Crippen LogP contribution < -0.4 is 0 Å². The second-order valence-electron chi connectivity index (χ2n) is 10.6. The van der Waals surface area contributed by atoms with Crippen molar-refractivity contribution < 1.29 is 41.7 Å². The van der Waals surface area contributed by atoms with Crippen molar-refractivity contribution in [3.05, 3.63) is 143 Å². The molecule has 6 rings (SSSR count). The normalized spacial score (nSPS) is 9.36. The molecule has 0 N–H and O–H groups in total. The summed E-state index contributed by atoms with van der Waals surface area (Å²) in [7, 11) is 19.7. The van der Waals surface area contributed by atoms with Crippen LogP contribution in [0.15, 0.2) is 115 Å². The first-order valence-corrected chi connectivity index (χ1v) is 28.1. The molecule has 0 saturated heterocycles. The predicted octanol–water partition coefficient (Wildman–Crippen LogP) is 14.3. The molecule has 0 amide bonds. The van der Waals surface area contributed by atoms with E-state index in [4.69, 9.17) is 34.1 Å². The number of halogens is 4. The minimum atomic E-state index is -0.826. The number of hydrogen-bond acceptors (Lipinski definition) is 0. The van der Waals surface area contributed by atoms with E-state index in [1.165, 1.54) is 87.9 Å². The van der Waals surface area contributed by atoms with Crippen molar-refractivity contribution in [1.82, 2.24) is 0 Å². The molecular weight excluding hydrogens is 793 g/mol. The molecule has 0 aromatic heterocycles. The third-order valence-electron chi connectivity index (χ3n) is 7.14. The minimum absolute atomic E-state index is 0.826. The van der Waals surface area contributed by atoms with Gasteiger partial charge in [0.15, 0.2) is 0 Å². The monoisotopic (exact) mass is 834 g/mol. The van der Waals surface area contributed by atoms with Crippen molar-refractivity contribution in [1.29, 1.82) is 0 Å². The van der Waals surface area contributed by atoms with E-state index in [9.17, 15) is 0 Å². The summed E-state index contributed by atoms with van der Waals surface area (Å²) in [5.74, 6) is 0. The molecule has 0 aliphatic carbocycles. The van der Waals surface area contributed by atoms with Crippen molar-refractivity contribution in [3.63, 3.8) is 0 Å². The average Bonchev–Trinajstić information content (AvgIpc) is 3.87. The van der Waals surface area contributed by atoms with Gasteiger partial charge >= 0.3 is 75.7 Å². The number of aryl methyl sites for hydroxylation is 5. The fraction of sp³-hybridized carbons (Fsp3) is 0.282. The molecule has 6 heteroatoms. The number of unbranched alkanes of at least 4 members (excludes halogenated alkanes) is 2. The van der Waals surface area contributed by atoms with E-state index >= 15 is 0 Å². The number of hydrogen-bond donors (Lipinski definition) is 0. The second-order valence-corrected chi connectivity index (χ2v) is 18.1. The molecule has 0 atom stereocenters. The van der Waals surface area contributed by atoms with Gasteiger partial charge in [0.1, 0.15) is 0 Å². The molecule has 45 heavy (non-hydrogen) atoms. The number of benzene rings is 2. The van der Waals surface area contributed by atoms with Crippen LogP contribution >= 0.6 is 34.1 Å². The van der Waals surface area contributed by atoms with Gasteiger partial charge in [-0.1, -0.05) is 85.3 Å². The Balaban J connectivity index is 0.000000283. The van der Waals surface area contributed by atoms with E-state index in [2.05, 4.69) is 150 Å². The summed E-state index contributed by atoms with van der Waals surface area (Å²) < 4.78 is 0. The summed E-state index contributed by atoms with van der Waals surface area (Å²) in [6, 6.07) is 40.8. The summed E-state index contributed by atoms with van der Waals surface area (Å²) in [5, 5.41) is 5.45. The van der Waals surface area contributed by atoms with E-state index in [0.717, 1.165) is 0 Å². The third-order valence-corrected chi connectivity index (χ3v) is 7.14. The average molecular weight is 839 g/mol. The van der Waals surface area contributed by atoms with Crippen LogP contribution in [0.5, 0.6) is 0 Å². The van der Waals surface area contributed by atoms with Crippen molar-refractivity contribution in [2.24, 2.45) is 0 Å². The standard InChI is InChI=1S/2C10H9.C10H15.C9H13.4ClH.2Zr/c2*1-8-6-7-9-4-2-3-5-10(8)9;1-3-4-5-10-7-6-9(2)8-10;1-2-3-6-9-7-4-5-8-9;;;;;;/h2*2-7H,1H3;6-8H,3-5H2,1-2H3;4-5,7-8H,2-3,6H2,1H3;4*1H;;/q4*-1;;;;;2*+4/p-4. The molecule has 0 aliphatic heterocycles. The van der Waals surface area contributed by atoms with Crippen molar-refractivity contribution in [3.8, 4) is 0 Å². The zero-order valence-corrected chi connectivity index (χ0v) is 35.2. The van der Waals surface area contributed by atoms with Gasteiger partial charge in [0, 0.05) is 0 Å². The SMILES string of the molecule is CCCC[c-]1cccc1.CCCCc1cc[c-](C)c1.Cc1c[cH-]c2ccccc12.Cc1c[cH-]c2ccccc12.[Cl][Zr+2][Cl].[Cl][Zr+2][Cl]. The van der Waals surface area contributed by atoms with Crippen LogP contribution in [0, 0.1) is 20.8 Å². The molecule has 0 saturated carbocycles. The summed E-state index contributed by atoms with van der Waals surface area (Å²) >= 11 is -1.65. The van der Waals surface area contributed by atoms with Gasteiger partial charge in [-0.25, -0.2) is 18.2 Å². The number of fused-ring (bicyclic) bond motifs is 2. The van der Waals surface area contributed by atoms with E-state index < -0.39 is 41.7 Å². The molecule has 0 bridgehead atoms. The van der Waals surface area contributed by atoms with Gasteiger partial charge in [-0.15, -0.1) is 70.1 Å². The van der Waals surface area contributed by atoms with Crippen LogP contribution in [0.25, 0.3) is 21.5 Å². The maximum atomic E-state index is 4.93. The quantitative estimate of drug-likeness (QED) is 0.147. The van der Waals surface area contributed by atoms with Crippen LogP contribution in [-0.2, 0) is 54.5 Å². The van der Waals surface area contributed by atoms with E-state index in [0.29, 0.717) is 0 Å². The molecule has 0 unspecified atom stereocenters. The van der Waals surface area contributed by atoms with Gasteiger partial charge in [-0.05, 0) is 0 Å². The van der Waals surface area contributed by atoms with Crippen LogP contribution in [-0.4, -0.2) is 0 Å². The molecular formula is C39H46Cl4Zr2. The third kappa shape index (κ3) is 18.4. The molecule has 6 aromatic rings. The zero-order chi connectivity index (χ0) is 33.3. The predicted molar refractivity (Wildman–Crippen MR) is 198 cm³/mol. The Morgan fingerprint density at radius 3 is 1.51 bits per heavy atom. The van der Waals surface area contributed by atoms with Crippen LogP contribution in [0.4, 0.5) is 0 Å². The topological polar surface area (TPSA) is 0 Å². The van der Waals surface area contributed by atoms with Crippen molar-refractivity contribution in [2.45, 2.75) is 73.1 Å². The Morgan fingerprint density at radius 1 is 0.644 bits per heavy atom. The molecule has 0 heterocycles. The number of rotatable bonds is 6. The summed E-state index contributed by atoms with van der Waals surface area (Å²) in [5.41, 5.74) is 7.12. The van der Waals surface area contributed by atoms with Gasteiger partial charge in [0.25, 0.3) is 0 Å². The van der Waals surface area contributed by atoms with Crippen LogP contribution in [0.3, 0.4) is 0 Å². The molecule has 0 radical (unpaired) electrons. The maximum absolute atomic E-state index is 4.93. The van der Waals surface area contributed by atoms with E-state index in [-0.39, 0.29) is 0 Å². The van der Waals surface area contributed by atoms with Crippen LogP contribution in [0.1, 0.15) is 67.3 Å². The zero-order valence-electron chi connectivity index (χ0n) is 27.2. The van der Waals surface area contributed by atoms with Gasteiger partial charge in [-0.2, -0.15) is 64.2 Å². The summed E-state index contributed by atoms with van der Waals surface area (Å²) in [6.45, 7) is 10.9. The van der Waals surface area contributed by atoms with Gasteiger partial charge in [0.2, 0.25) is 0 Å². The molecule has 0 aliphatic rings. The Hall–Kier alpha value is -0.714. The Kier molecular flexibility index (Phi) is 25.6. The van der Waals surface area contributed by atoms with Gasteiger partial charge in [0.05, 0.1) is 0 Å². The Morgan fingerprint density at radius 2 is 1.11 bits per heavy atom. The summed E-state index contributed by atoms with van der Waals surface area (Å²) in [4.78, 5) is 0. The van der Waals surface area contributed by atoms with E-state index in [1.54, 1.807) is 0 Å². The van der Waals surface area contributed by atoms with Crippen molar-refractivity contribution >= 4 is 55.6 Å². The first-order valence-electron chi connectivity index (χ1n) is 15.4. The molecule has 0 nitrogen and oxygen atoms in total. The second kappa shape index (κ2) is 27.3. The Labute approximate surface area is 310 Å². The molecule has 0 spiro atoms. The van der Waals surface area contributed by atoms with Crippen molar-refractivity contribution in [2.75, 3.05) is 0 Å². The van der Waals surface area contributed by atoms with E-state index in [1.807, 2.05) is 0 Å². The first-order chi connectivity index (χ1) is 21.8. The fourth-order valence-corrected chi connectivity index (χ4v) is 4.74. The van der Waals surface area contributed by atoms with Crippen LogP contribution in [0.2, 0.25) is 0 Å².